The average molecular weight is 583 g/mol. The standard InChI is InChI=1S/C20H9Cl6F3O2S/c21-10-6-13(23)17(14(24)7-10)32(12-4-2-1-3-5-12,31-19(30)20(27,28)29)18-15(25)8-11(22)9-16(18)26/h1-9H. The minimum Gasteiger partial charge on any atom is -0.395 e. The molecule has 0 fully saturated rings. The molecule has 2 nitrogen and oxygen atoms in total. The molecule has 0 heterocycles. The van der Waals surface area contributed by atoms with Gasteiger partial charge in [-0.15, -0.1) is 0 Å². The third kappa shape index (κ3) is 4.92. The summed E-state index contributed by atoms with van der Waals surface area (Å²) in [4.78, 5) is 12.1. The molecule has 0 radical (unpaired) electrons. The Bertz CT molecular complexity index is 1080. The van der Waals surface area contributed by atoms with Gasteiger partial charge in [-0.2, -0.15) is 13.2 Å². The van der Waals surface area contributed by atoms with Crippen molar-refractivity contribution in [3.05, 3.63) is 84.7 Å². The van der Waals surface area contributed by atoms with E-state index in [2.05, 4.69) is 0 Å². The summed E-state index contributed by atoms with van der Waals surface area (Å²) in [5.74, 6) is -2.49. The highest BCUT2D eigenvalue weighted by Crippen LogP contribution is 2.75. The molecule has 0 bridgehead atoms. The first-order valence-electron chi connectivity index (χ1n) is 8.36. The monoisotopic (exact) mass is 580 g/mol. The van der Waals surface area contributed by atoms with Crippen LogP contribution in [-0.2, 0) is 8.98 Å². The lowest BCUT2D eigenvalue weighted by molar-refractivity contribution is -0.188. The van der Waals surface area contributed by atoms with Gasteiger partial charge in [-0.3, -0.25) is 0 Å². The molecule has 3 rings (SSSR count). The zero-order valence-electron chi connectivity index (χ0n) is 15.3. The summed E-state index contributed by atoms with van der Waals surface area (Å²) in [5, 5.41) is -0.394. The van der Waals surface area contributed by atoms with Crippen molar-refractivity contribution in [2.45, 2.75) is 20.9 Å². The van der Waals surface area contributed by atoms with Crippen LogP contribution in [0.5, 0.6) is 0 Å². The van der Waals surface area contributed by atoms with E-state index in [0.717, 1.165) is 0 Å². The van der Waals surface area contributed by atoms with Gasteiger partial charge in [0, 0.05) is 14.9 Å². The molecule has 0 saturated heterocycles. The van der Waals surface area contributed by atoms with Gasteiger partial charge in [0.15, 0.2) is 0 Å². The van der Waals surface area contributed by atoms with Gasteiger partial charge in [0.1, 0.15) is 0 Å². The summed E-state index contributed by atoms with van der Waals surface area (Å²) in [6.07, 6.45) is -5.34. The molecule has 0 spiro atoms. The van der Waals surface area contributed by atoms with Crippen molar-refractivity contribution < 1.29 is 22.1 Å². The van der Waals surface area contributed by atoms with Gasteiger partial charge in [-0.05, 0) is 46.7 Å². The maximum Gasteiger partial charge on any atom is 0.491 e. The van der Waals surface area contributed by atoms with Crippen molar-refractivity contribution >= 4 is 85.9 Å². The van der Waals surface area contributed by atoms with Crippen LogP contribution < -0.4 is 0 Å². The molecular formula is C20H9Cl6F3O2S. The number of hydrogen-bond acceptors (Lipinski definition) is 2. The van der Waals surface area contributed by atoms with Gasteiger partial charge in [-0.1, -0.05) is 87.8 Å². The highest BCUT2D eigenvalue weighted by Gasteiger charge is 2.49. The summed E-state index contributed by atoms with van der Waals surface area (Å²) in [6, 6.07) is 12.6. The Labute approximate surface area is 212 Å². The fraction of sp³-hybridized carbons (Fsp3) is 0.0500. The van der Waals surface area contributed by atoms with Gasteiger partial charge >= 0.3 is 12.1 Å². The van der Waals surface area contributed by atoms with Gasteiger partial charge in [0.25, 0.3) is 0 Å². The van der Waals surface area contributed by atoms with Gasteiger partial charge < -0.3 is 4.18 Å². The van der Waals surface area contributed by atoms with Crippen molar-refractivity contribution in [2.75, 3.05) is 0 Å². The van der Waals surface area contributed by atoms with E-state index in [1.165, 1.54) is 48.5 Å². The Morgan fingerprint density at radius 1 is 0.719 bits per heavy atom. The van der Waals surface area contributed by atoms with Crippen LogP contribution in [0.1, 0.15) is 0 Å². The van der Waals surface area contributed by atoms with E-state index in [-0.39, 0.29) is 44.8 Å². The maximum atomic E-state index is 13.4. The Balaban J connectivity index is 2.56. The minimum absolute atomic E-state index is 0.112. The van der Waals surface area contributed by atoms with E-state index in [1.807, 2.05) is 0 Å². The third-order valence-corrected chi connectivity index (χ3v) is 9.45. The van der Waals surface area contributed by atoms with Gasteiger partial charge in [-0.25, -0.2) is 4.79 Å². The number of benzene rings is 3. The van der Waals surface area contributed by atoms with Crippen molar-refractivity contribution in [1.29, 1.82) is 0 Å². The van der Waals surface area contributed by atoms with E-state index in [9.17, 15) is 18.0 Å². The van der Waals surface area contributed by atoms with Crippen molar-refractivity contribution in [1.82, 2.24) is 0 Å². The fourth-order valence-corrected chi connectivity index (χ4v) is 8.92. The van der Waals surface area contributed by atoms with Gasteiger partial charge in [0.05, 0.1) is 29.9 Å². The van der Waals surface area contributed by atoms with E-state index in [4.69, 9.17) is 73.8 Å². The zero-order chi connectivity index (χ0) is 23.8. The molecule has 0 aliphatic heterocycles. The minimum atomic E-state index is -5.34. The van der Waals surface area contributed by atoms with Crippen LogP contribution in [0.25, 0.3) is 0 Å². The molecule has 3 aromatic carbocycles. The average Bonchev–Trinajstić information content (AvgIpc) is 2.65. The summed E-state index contributed by atoms with van der Waals surface area (Å²) < 4.78 is 45.5. The Morgan fingerprint density at radius 3 is 1.44 bits per heavy atom. The predicted octanol–water partition coefficient (Wildman–Crippen LogP) is 9.91. The molecular weight excluding hydrogens is 574 g/mol. The fourth-order valence-electron chi connectivity index (χ4n) is 2.85. The second-order valence-electron chi connectivity index (χ2n) is 6.13. The normalized spacial score (nSPS) is 12.5. The Kier molecular flexibility index (Phi) is 7.77. The highest BCUT2D eigenvalue weighted by molar-refractivity contribution is 8.30. The molecule has 0 amide bonds. The second kappa shape index (κ2) is 9.71. The molecule has 0 aliphatic rings. The summed E-state index contributed by atoms with van der Waals surface area (Å²) in [5.41, 5.74) is 0. The number of rotatable bonds is 4. The third-order valence-electron chi connectivity index (χ3n) is 4.01. The Hall–Kier alpha value is -0.990. The largest absolute Gasteiger partial charge is 0.491 e. The maximum absolute atomic E-state index is 13.4. The number of carbonyl (C=O) groups is 1. The predicted molar refractivity (Wildman–Crippen MR) is 124 cm³/mol. The lowest BCUT2D eigenvalue weighted by Crippen LogP contribution is -2.27. The number of halogens is 9. The van der Waals surface area contributed by atoms with Crippen molar-refractivity contribution in [3.63, 3.8) is 0 Å². The molecule has 0 saturated carbocycles. The van der Waals surface area contributed by atoms with Crippen LogP contribution in [0.2, 0.25) is 30.1 Å². The molecule has 32 heavy (non-hydrogen) atoms. The van der Waals surface area contributed by atoms with E-state index >= 15 is 0 Å². The van der Waals surface area contributed by atoms with Crippen LogP contribution in [0.4, 0.5) is 13.2 Å². The SMILES string of the molecule is O=C(OS(c1ccccc1)(c1c(Cl)cc(Cl)cc1Cl)c1c(Cl)cc(Cl)cc1Cl)C(F)(F)F. The van der Waals surface area contributed by atoms with Crippen molar-refractivity contribution in [2.24, 2.45) is 0 Å². The van der Waals surface area contributed by atoms with Gasteiger partial charge in [0.2, 0.25) is 0 Å². The quantitative estimate of drug-likeness (QED) is 0.306. The first kappa shape index (κ1) is 25.6. The van der Waals surface area contributed by atoms with Crippen LogP contribution in [0.3, 0.4) is 0 Å². The zero-order valence-corrected chi connectivity index (χ0v) is 20.7. The number of carbonyl (C=O) groups excluding carboxylic acids is 1. The first-order chi connectivity index (χ1) is 14.9. The van der Waals surface area contributed by atoms with Crippen molar-refractivity contribution in [3.8, 4) is 0 Å². The smallest absolute Gasteiger partial charge is 0.395 e. The molecule has 0 atom stereocenters. The molecule has 0 unspecified atom stereocenters. The van der Waals surface area contributed by atoms with Crippen LogP contribution in [0, 0.1) is 0 Å². The number of hydrogen-bond donors (Lipinski definition) is 0. The summed E-state index contributed by atoms with van der Waals surface area (Å²) in [7, 11) is -3.69. The van der Waals surface area contributed by atoms with E-state index < -0.39 is 22.5 Å². The number of alkyl halides is 3. The Morgan fingerprint density at radius 2 is 1.09 bits per heavy atom. The van der Waals surface area contributed by atoms with Crippen LogP contribution >= 0.6 is 79.9 Å². The van der Waals surface area contributed by atoms with E-state index in [1.54, 1.807) is 6.07 Å². The molecule has 12 heteroatoms. The molecule has 0 aliphatic carbocycles. The molecule has 170 valence electrons. The lowest BCUT2D eigenvalue weighted by Gasteiger charge is -2.41. The van der Waals surface area contributed by atoms with E-state index in [0.29, 0.717) is 0 Å². The van der Waals surface area contributed by atoms with Crippen LogP contribution in [0.15, 0.2) is 69.3 Å². The topological polar surface area (TPSA) is 26.3 Å². The molecule has 3 aromatic rings. The van der Waals surface area contributed by atoms with Crippen LogP contribution in [-0.4, -0.2) is 12.1 Å². The first-order valence-corrected chi connectivity index (χ1v) is 12.2. The second-order valence-corrected chi connectivity index (χ2v) is 11.2. The summed E-state index contributed by atoms with van der Waals surface area (Å²) >= 11 is 37.7. The molecule has 0 N–H and O–H groups in total. The molecule has 0 aromatic heterocycles. The lowest BCUT2D eigenvalue weighted by atomic mass is 10.3. The summed E-state index contributed by atoms with van der Waals surface area (Å²) in [6.45, 7) is 0. The highest BCUT2D eigenvalue weighted by atomic mass is 35.5.